The van der Waals surface area contributed by atoms with Crippen molar-refractivity contribution in [2.45, 2.75) is 25.8 Å². The minimum atomic E-state index is -0.635. The van der Waals surface area contributed by atoms with Gasteiger partial charge in [-0.3, -0.25) is 5.32 Å². The van der Waals surface area contributed by atoms with Crippen LogP contribution >= 0.6 is 0 Å². The highest BCUT2D eigenvalue weighted by Crippen LogP contribution is 2.14. The molecule has 0 aliphatic rings. The van der Waals surface area contributed by atoms with E-state index in [0.29, 0.717) is 6.61 Å². The summed E-state index contributed by atoms with van der Waals surface area (Å²) < 4.78 is 5.57. The first-order valence-corrected chi connectivity index (χ1v) is 5.45. The van der Waals surface area contributed by atoms with Crippen molar-refractivity contribution in [2.75, 3.05) is 13.7 Å². The highest BCUT2D eigenvalue weighted by molar-refractivity contribution is 5.27. The number of aryl methyl sites for hydroxylation is 1. The quantitative estimate of drug-likeness (QED) is 0.823. The van der Waals surface area contributed by atoms with E-state index >= 15 is 0 Å². The molecule has 0 radical (unpaired) electrons. The van der Waals surface area contributed by atoms with Crippen LogP contribution < -0.4 is 10.1 Å². The van der Waals surface area contributed by atoms with Crippen molar-refractivity contribution in [2.24, 2.45) is 0 Å². The monoisotopic (exact) mass is 218 g/mol. The zero-order valence-electron chi connectivity index (χ0n) is 10.1. The highest BCUT2D eigenvalue weighted by Gasteiger charge is 2.21. The Hall–Kier alpha value is -1.53. The van der Waals surface area contributed by atoms with E-state index in [0.717, 1.165) is 12.2 Å². The first-order valence-electron chi connectivity index (χ1n) is 5.45. The Morgan fingerprint density at radius 2 is 2.00 bits per heavy atom. The molecule has 0 bridgehead atoms. The molecule has 1 atom stereocenters. The summed E-state index contributed by atoms with van der Waals surface area (Å²) >= 11 is 0. The molecule has 0 saturated heterocycles. The van der Waals surface area contributed by atoms with Crippen LogP contribution in [-0.4, -0.2) is 19.2 Å². The molecule has 1 rings (SSSR count). The molecular formula is C13H18N2O. The van der Waals surface area contributed by atoms with Crippen molar-refractivity contribution in [3.8, 4) is 11.8 Å². The van der Waals surface area contributed by atoms with Gasteiger partial charge in [0.2, 0.25) is 0 Å². The number of ether oxygens (including phenoxy) is 1. The third kappa shape index (κ3) is 3.25. The second kappa shape index (κ2) is 5.53. The number of hydrogen-bond donors (Lipinski definition) is 1. The molecule has 0 spiro atoms. The van der Waals surface area contributed by atoms with Gasteiger partial charge in [0.15, 0.2) is 0 Å². The van der Waals surface area contributed by atoms with E-state index in [1.807, 2.05) is 31.2 Å². The lowest BCUT2D eigenvalue weighted by Crippen LogP contribution is -2.43. The van der Waals surface area contributed by atoms with Crippen molar-refractivity contribution in [1.82, 2.24) is 5.32 Å². The van der Waals surface area contributed by atoms with Crippen molar-refractivity contribution >= 4 is 0 Å². The normalized spacial score (nSPS) is 13.9. The van der Waals surface area contributed by atoms with Gasteiger partial charge in [-0.1, -0.05) is 19.1 Å². The van der Waals surface area contributed by atoms with Crippen LogP contribution in [0.2, 0.25) is 0 Å². The Balaban J connectivity index is 2.58. The molecule has 0 saturated carbocycles. The summed E-state index contributed by atoms with van der Waals surface area (Å²) in [5, 5.41) is 11.9. The number of nitriles is 1. The number of benzene rings is 1. The fourth-order valence-electron chi connectivity index (χ4n) is 1.21. The summed E-state index contributed by atoms with van der Waals surface area (Å²) in [5.41, 5.74) is 0.646. The van der Waals surface area contributed by atoms with Gasteiger partial charge in [-0.15, -0.1) is 0 Å². The van der Waals surface area contributed by atoms with E-state index in [1.165, 1.54) is 5.56 Å². The van der Waals surface area contributed by atoms with Gasteiger partial charge in [0.25, 0.3) is 0 Å². The Labute approximate surface area is 97.0 Å². The first kappa shape index (κ1) is 12.5. The second-order valence-electron chi connectivity index (χ2n) is 3.98. The van der Waals surface area contributed by atoms with Gasteiger partial charge in [0.1, 0.15) is 17.9 Å². The lowest BCUT2D eigenvalue weighted by Gasteiger charge is -2.20. The van der Waals surface area contributed by atoms with E-state index < -0.39 is 5.54 Å². The maximum Gasteiger partial charge on any atom is 0.137 e. The van der Waals surface area contributed by atoms with Crippen LogP contribution in [0.4, 0.5) is 0 Å². The lowest BCUT2D eigenvalue weighted by molar-refractivity contribution is 0.242. The zero-order valence-corrected chi connectivity index (χ0v) is 10.1. The number of rotatable bonds is 5. The molecule has 0 heterocycles. The van der Waals surface area contributed by atoms with Crippen LogP contribution in [0.3, 0.4) is 0 Å². The maximum atomic E-state index is 8.95. The van der Waals surface area contributed by atoms with Gasteiger partial charge in [0.05, 0.1) is 6.07 Å². The van der Waals surface area contributed by atoms with E-state index in [1.54, 1.807) is 7.05 Å². The van der Waals surface area contributed by atoms with Gasteiger partial charge in [0, 0.05) is 0 Å². The smallest absolute Gasteiger partial charge is 0.137 e. The van der Waals surface area contributed by atoms with Crippen LogP contribution in [0.5, 0.6) is 5.75 Å². The van der Waals surface area contributed by atoms with Crippen molar-refractivity contribution < 1.29 is 4.74 Å². The Morgan fingerprint density at radius 1 is 1.38 bits per heavy atom. The first-order chi connectivity index (χ1) is 7.63. The maximum absolute atomic E-state index is 8.95. The summed E-state index contributed by atoms with van der Waals surface area (Å²) in [6.45, 7) is 4.27. The largest absolute Gasteiger partial charge is 0.491 e. The third-order valence-electron chi connectivity index (χ3n) is 2.66. The highest BCUT2D eigenvalue weighted by atomic mass is 16.5. The number of nitrogens with one attached hydrogen (secondary N) is 1. The lowest BCUT2D eigenvalue weighted by atomic mass is 10.1. The van der Waals surface area contributed by atoms with E-state index in [9.17, 15) is 0 Å². The zero-order chi connectivity index (χ0) is 12.0. The molecule has 1 N–H and O–H groups in total. The number of hydrogen-bond acceptors (Lipinski definition) is 3. The van der Waals surface area contributed by atoms with Gasteiger partial charge in [-0.2, -0.15) is 5.26 Å². The third-order valence-corrected chi connectivity index (χ3v) is 2.66. The summed E-state index contributed by atoms with van der Waals surface area (Å²) in [6, 6.07) is 10.1. The van der Waals surface area contributed by atoms with Crippen molar-refractivity contribution in [3.63, 3.8) is 0 Å². The standard InChI is InChI=1S/C13H18N2O/c1-4-11-5-7-12(8-6-11)16-10-13(2,9-14)15-3/h5-8,15H,4,10H2,1-3H3. The molecule has 0 aromatic heterocycles. The molecule has 0 aliphatic carbocycles. The summed E-state index contributed by atoms with van der Waals surface area (Å²) in [7, 11) is 1.76. The molecule has 0 aliphatic heterocycles. The van der Waals surface area contributed by atoms with E-state index in [2.05, 4.69) is 18.3 Å². The SMILES string of the molecule is CCc1ccc(OCC(C)(C#N)NC)cc1. The number of likely N-dealkylation sites (N-methyl/N-ethyl adjacent to an activating group) is 1. The minimum Gasteiger partial charge on any atom is -0.491 e. The van der Waals surface area contributed by atoms with Crippen LogP contribution in [0.25, 0.3) is 0 Å². The molecule has 1 aromatic rings. The Bertz CT molecular complexity index is 367. The van der Waals surface area contributed by atoms with Gasteiger partial charge in [-0.25, -0.2) is 0 Å². The van der Waals surface area contributed by atoms with E-state index in [4.69, 9.17) is 10.00 Å². The van der Waals surface area contributed by atoms with Crippen LogP contribution in [0.1, 0.15) is 19.4 Å². The fourth-order valence-corrected chi connectivity index (χ4v) is 1.21. The molecule has 1 aromatic carbocycles. The molecule has 86 valence electrons. The topological polar surface area (TPSA) is 45.0 Å². The fraction of sp³-hybridized carbons (Fsp3) is 0.462. The van der Waals surface area contributed by atoms with Crippen LogP contribution in [0, 0.1) is 11.3 Å². The van der Waals surface area contributed by atoms with Crippen molar-refractivity contribution in [3.05, 3.63) is 29.8 Å². The summed E-state index contributed by atoms with van der Waals surface area (Å²) in [6.07, 6.45) is 1.02. The summed E-state index contributed by atoms with van der Waals surface area (Å²) in [5.74, 6) is 0.800. The van der Waals surface area contributed by atoms with Gasteiger partial charge < -0.3 is 4.74 Å². The molecule has 3 nitrogen and oxygen atoms in total. The van der Waals surface area contributed by atoms with Crippen molar-refractivity contribution in [1.29, 1.82) is 5.26 Å². The van der Waals surface area contributed by atoms with E-state index in [-0.39, 0.29) is 0 Å². The van der Waals surface area contributed by atoms with Crippen LogP contribution in [-0.2, 0) is 6.42 Å². The number of nitrogens with zero attached hydrogens (tertiary/aromatic N) is 1. The minimum absolute atomic E-state index is 0.339. The molecule has 0 fully saturated rings. The predicted molar refractivity (Wildman–Crippen MR) is 64.4 cm³/mol. The molecule has 0 amide bonds. The average Bonchev–Trinajstić information content (AvgIpc) is 2.36. The van der Waals surface area contributed by atoms with Gasteiger partial charge in [-0.05, 0) is 38.1 Å². The Morgan fingerprint density at radius 3 is 2.44 bits per heavy atom. The summed E-state index contributed by atoms with van der Waals surface area (Å²) in [4.78, 5) is 0. The van der Waals surface area contributed by atoms with Gasteiger partial charge >= 0.3 is 0 Å². The predicted octanol–water partition coefficient (Wildman–Crippen LogP) is 2.13. The van der Waals surface area contributed by atoms with Crippen LogP contribution in [0.15, 0.2) is 24.3 Å². The molecule has 3 heteroatoms. The molecular weight excluding hydrogens is 200 g/mol. The second-order valence-corrected chi connectivity index (χ2v) is 3.98. The molecule has 16 heavy (non-hydrogen) atoms. The average molecular weight is 218 g/mol. The Kier molecular flexibility index (Phi) is 4.33. The molecule has 1 unspecified atom stereocenters.